The molecule has 1 saturated heterocycles. The van der Waals surface area contributed by atoms with Crippen LogP contribution in [0, 0.1) is 0 Å². The zero-order chi connectivity index (χ0) is 15.4. The third-order valence-electron chi connectivity index (χ3n) is 3.01. The molecule has 0 aliphatic carbocycles. The first-order chi connectivity index (χ1) is 9.99. The molecule has 0 unspecified atom stereocenters. The molecule has 2 rings (SSSR count). The number of aliphatic carboxylic acids is 1. The molecule has 7 heteroatoms. The van der Waals surface area contributed by atoms with Crippen LogP contribution >= 0.6 is 0 Å². The van der Waals surface area contributed by atoms with Crippen molar-refractivity contribution in [3.63, 3.8) is 0 Å². The van der Waals surface area contributed by atoms with Crippen molar-refractivity contribution in [1.82, 2.24) is 9.88 Å². The summed E-state index contributed by atoms with van der Waals surface area (Å²) in [6.07, 6.45) is 1.39. The number of carbonyl (C=O) groups excluding carboxylic acids is 1. The Morgan fingerprint density at radius 2 is 2.24 bits per heavy atom. The van der Waals surface area contributed by atoms with E-state index in [4.69, 9.17) is 14.6 Å². The molecule has 1 N–H and O–H groups in total. The summed E-state index contributed by atoms with van der Waals surface area (Å²) in [5.41, 5.74) is 0.333. The van der Waals surface area contributed by atoms with Crippen molar-refractivity contribution in [2.24, 2.45) is 0 Å². The monoisotopic (exact) mass is 294 g/mol. The highest BCUT2D eigenvalue weighted by Gasteiger charge is 2.33. The number of rotatable bonds is 4. The predicted octanol–water partition coefficient (Wildman–Crippen LogP) is 0.794. The lowest BCUT2D eigenvalue weighted by atomic mass is 10.1. The lowest BCUT2D eigenvalue weighted by Crippen LogP contribution is -2.52. The second-order valence-electron chi connectivity index (χ2n) is 4.98. The fourth-order valence-electron chi connectivity index (χ4n) is 2.04. The fourth-order valence-corrected chi connectivity index (χ4v) is 2.04. The van der Waals surface area contributed by atoms with E-state index < -0.39 is 12.0 Å². The van der Waals surface area contributed by atoms with Crippen molar-refractivity contribution in [3.05, 3.63) is 23.9 Å². The standard InChI is InChI=1S/C14H18N2O5/c1-9(2)21-12-4-3-10(7-15-12)13(17)16-5-6-20-8-11(16)14(18)19/h3-4,7,9,11H,5-6,8H2,1-2H3,(H,18,19)/t11-/m1/s1. The van der Waals surface area contributed by atoms with E-state index in [1.165, 1.54) is 11.1 Å². The molecule has 0 saturated carbocycles. The van der Waals surface area contributed by atoms with Crippen LogP contribution in [0.5, 0.6) is 5.88 Å². The molecule has 0 aromatic carbocycles. The highest BCUT2D eigenvalue weighted by molar-refractivity contribution is 5.96. The molecule has 114 valence electrons. The number of pyridine rings is 1. The molecule has 7 nitrogen and oxygen atoms in total. The molecule has 1 amide bonds. The normalized spacial score (nSPS) is 18.6. The van der Waals surface area contributed by atoms with Crippen molar-refractivity contribution in [3.8, 4) is 5.88 Å². The topological polar surface area (TPSA) is 89.0 Å². The Balaban J connectivity index is 2.12. The van der Waals surface area contributed by atoms with E-state index in [9.17, 15) is 9.59 Å². The Bertz CT molecular complexity index is 515. The van der Waals surface area contributed by atoms with Gasteiger partial charge in [0.1, 0.15) is 0 Å². The van der Waals surface area contributed by atoms with Crippen LogP contribution in [0.4, 0.5) is 0 Å². The number of carboxylic acids is 1. The SMILES string of the molecule is CC(C)Oc1ccc(C(=O)N2CCOC[C@@H]2C(=O)O)cn1. The predicted molar refractivity (Wildman–Crippen MR) is 73.3 cm³/mol. The minimum atomic E-state index is -1.07. The van der Waals surface area contributed by atoms with Gasteiger partial charge in [0.25, 0.3) is 5.91 Å². The van der Waals surface area contributed by atoms with Crippen molar-refractivity contribution < 1.29 is 24.2 Å². The number of carboxylic acid groups (broad SMARTS) is 1. The third-order valence-corrected chi connectivity index (χ3v) is 3.01. The average molecular weight is 294 g/mol. The van der Waals surface area contributed by atoms with E-state index >= 15 is 0 Å². The number of amides is 1. The molecule has 0 spiro atoms. The Morgan fingerprint density at radius 1 is 1.48 bits per heavy atom. The minimum Gasteiger partial charge on any atom is -0.480 e. The Labute approximate surface area is 122 Å². The zero-order valence-corrected chi connectivity index (χ0v) is 12.0. The van der Waals surface area contributed by atoms with Crippen LogP contribution in [0.25, 0.3) is 0 Å². The molecule has 1 aliphatic heterocycles. The summed E-state index contributed by atoms with van der Waals surface area (Å²) >= 11 is 0. The molecule has 1 atom stereocenters. The van der Waals surface area contributed by atoms with Crippen LogP contribution in [0.1, 0.15) is 24.2 Å². The molecule has 21 heavy (non-hydrogen) atoms. The largest absolute Gasteiger partial charge is 0.480 e. The van der Waals surface area contributed by atoms with Crippen LogP contribution in [-0.4, -0.2) is 58.8 Å². The van der Waals surface area contributed by atoms with Crippen LogP contribution in [0.2, 0.25) is 0 Å². The van der Waals surface area contributed by atoms with E-state index in [-0.39, 0.29) is 25.2 Å². The molecule has 0 bridgehead atoms. The summed E-state index contributed by atoms with van der Waals surface area (Å²) in [5, 5.41) is 9.14. The number of carbonyl (C=O) groups is 2. The summed E-state index contributed by atoms with van der Waals surface area (Å²) in [5.74, 6) is -1.01. The smallest absolute Gasteiger partial charge is 0.328 e. The summed E-state index contributed by atoms with van der Waals surface area (Å²) < 4.78 is 10.5. The van der Waals surface area contributed by atoms with Gasteiger partial charge in [0.2, 0.25) is 5.88 Å². The van der Waals surface area contributed by atoms with E-state index in [0.717, 1.165) is 0 Å². The van der Waals surface area contributed by atoms with Crippen LogP contribution in [0.3, 0.4) is 0 Å². The number of hydrogen-bond acceptors (Lipinski definition) is 5. The van der Waals surface area contributed by atoms with Gasteiger partial charge in [-0.2, -0.15) is 0 Å². The van der Waals surface area contributed by atoms with Gasteiger partial charge in [-0.3, -0.25) is 4.79 Å². The average Bonchev–Trinajstić information content (AvgIpc) is 2.46. The van der Waals surface area contributed by atoms with Crippen LogP contribution in [0.15, 0.2) is 18.3 Å². The maximum Gasteiger partial charge on any atom is 0.328 e. The molecule has 0 radical (unpaired) electrons. The van der Waals surface area contributed by atoms with Gasteiger partial charge in [0.05, 0.1) is 24.9 Å². The summed E-state index contributed by atoms with van der Waals surface area (Å²) in [6.45, 7) is 4.35. The van der Waals surface area contributed by atoms with Gasteiger partial charge >= 0.3 is 5.97 Å². The molecule has 2 heterocycles. The lowest BCUT2D eigenvalue weighted by Gasteiger charge is -2.32. The van der Waals surface area contributed by atoms with Crippen molar-refractivity contribution in [2.75, 3.05) is 19.8 Å². The maximum absolute atomic E-state index is 12.4. The van der Waals surface area contributed by atoms with Gasteiger partial charge in [-0.25, -0.2) is 9.78 Å². The molecule has 1 aromatic heterocycles. The third kappa shape index (κ3) is 3.69. The van der Waals surface area contributed by atoms with E-state index in [0.29, 0.717) is 18.1 Å². The second kappa shape index (κ2) is 6.53. The van der Waals surface area contributed by atoms with E-state index in [1.807, 2.05) is 13.8 Å². The van der Waals surface area contributed by atoms with Crippen LogP contribution in [-0.2, 0) is 9.53 Å². The molecule has 1 aliphatic rings. The van der Waals surface area contributed by atoms with E-state index in [1.54, 1.807) is 12.1 Å². The van der Waals surface area contributed by atoms with E-state index in [2.05, 4.69) is 4.98 Å². The summed E-state index contributed by atoms with van der Waals surface area (Å²) in [4.78, 5) is 28.9. The Kier molecular flexibility index (Phi) is 4.74. The number of aromatic nitrogens is 1. The maximum atomic E-state index is 12.4. The highest BCUT2D eigenvalue weighted by atomic mass is 16.5. The first kappa shape index (κ1) is 15.2. The highest BCUT2D eigenvalue weighted by Crippen LogP contribution is 2.15. The lowest BCUT2D eigenvalue weighted by molar-refractivity contribution is -0.147. The molecule has 1 aromatic rings. The molecular formula is C14H18N2O5. The second-order valence-corrected chi connectivity index (χ2v) is 4.98. The quantitative estimate of drug-likeness (QED) is 0.883. The van der Waals surface area contributed by atoms with Crippen molar-refractivity contribution in [2.45, 2.75) is 26.0 Å². The Morgan fingerprint density at radius 3 is 2.81 bits per heavy atom. The van der Waals surface area contributed by atoms with Gasteiger partial charge in [-0.05, 0) is 19.9 Å². The van der Waals surface area contributed by atoms with Gasteiger partial charge in [-0.1, -0.05) is 0 Å². The van der Waals surface area contributed by atoms with Gasteiger partial charge in [0, 0.05) is 18.8 Å². The number of hydrogen-bond donors (Lipinski definition) is 1. The molecular weight excluding hydrogens is 276 g/mol. The van der Waals surface area contributed by atoms with Gasteiger partial charge in [-0.15, -0.1) is 0 Å². The Hall–Kier alpha value is -2.15. The van der Waals surface area contributed by atoms with Gasteiger partial charge in [0.15, 0.2) is 6.04 Å². The minimum absolute atomic E-state index is 0.00302. The fraction of sp³-hybridized carbons (Fsp3) is 0.500. The zero-order valence-electron chi connectivity index (χ0n) is 12.0. The number of nitrogens with zero attached hydrogens (tertiary/aromatic N) is 2. The first-order valence-corrected chi connectivity index (χ1v) is 6.73. The summed E-state index contributed by atoms with van der Waals surface area (Å²) in [6, 6.07) is 2.23. The number of morpholine rings is 1. The first-order valence-electron chi connectivity index (χ1n) is 6.73. The van der Waals surface area contributed by atoms with Crippen molar-refractivity contribution in [1.29, 1.82) is 0 Å². The molecule has 1 fully saturated rings. The van der Waals surface area contributed by atoms with Crippen LogP contribution < -0.4 is 4.74 Å². The number of ether oxygens (including phenoxy) is 2. The summed E-state index contributed by atoms with van der Waals surface area (Å²) in [7, 11) is 0. The van der Waals surface area contributed by atoms with Crippen molar-refractivity contribution >= 4 is 11.9 Å². The van der Waals surface area contributed by atoms with Gasteiger partial charge < -0.3 is 19.5 Å².